The molecule has 26 heavy (non-hydrogen) atoms. The van der Waals surface area contributed by atoms with Crippen molar-refractivity contribution in [2.24, 2.45) is 12.0 Å². The van der Waals surface area contributed by atoms with E-state index in [1.54, 1.807) is 0 Å². The second kappa shape index (κ2) is 7.23. The van der Waals surface area contributed by atoms with Gasteiger partial charge in [-0.05, 0) is 18.6 Å². The maximum absolute atomic E-state index is 12.5. The number of nitrogens with zero attached hydrogens (tertiary/aromatic N) is 3. The number of benzene rings is 2. The zero-order valence-electron chi connectivity index (χ0n) is 14.0. The largest absolute Gasteiger partial charge is 0.319 e. The summed E-state index contributed by atoms with van der Waals surface area (Å²) in [5, 5.41) is 10.8. The molecule has 0 fully saturated rings. The van der Waals surface area contributed by atoms with Crippen LogP contribution in [0.15, 0.2) is 53.5 Å². The van der Waals surface area contributed by atoms with Gasteiger partial charge in [0.2, 0.25) is 0 Å². The molecule has 0 aliphatic carbocycles. The normalized spacial score (nSPS) is 11.6. The first-order chi connectivity index (χ1) is 12.4. The fraction of sp³-hybridized carbons (Fsp3) is 0.111. The van der Waals surface area contributed by atoms with Crippen molar-refractivity contribution in [2.45, 2.75) is 6.92 Å². The smallest absolute Gasteiger partial charge is 0.281 e. The first-order valence-electron chi connectivity index (χ1n) is 7.63. The molecule has 0 bridgehead atoms. The zero-order chi connectivity index (χ0) is 18.8. The molecule has 0 aliphatic rings. The molecule has 0 unspecified atom stereocenters. The van der Waals surface area contributed by atoms with Crippen LogP contribution >= 0.6 is 22.9 Å². The summed E-state index contributed by atoms with van der Waals surface area (Å²) in [4.78, 5) is 28.4. The minimum atomic E-state index is -0.563. The predicted molar refractivity (Wildman–Crippen MR) is 101 cm³/mol. The van der Waals surface area contributed by atoms with E-state index in [4.69, 9.17) is 11.6 Å². The minimum absolute atomic E-state index is 0.00663. The molecule has 3 rings (SSSR count). The topological polar surface area (TPSA) is 77.5 Å². The van der Waals surface area contributed by atoms with E-state index in [-0.39, 0.29) is 16.3 Å². The lowest BCUT2D eigenvalue weighted by atomic mass is 10.1. The van der Waals surface area contributed by atoms with Crippen LogP contribution in [0.4, 0.5) is 5.69 Å². The van der Waals surface area contributed by atoms with Gasteiger partial charge in [-0.1, -0.05) is 41.9 Å². The number of aryl methyl sites for hydroxylation is 1. The van der Waals surface area contributed by atoms with Gasteiger partial charge in [0.1, 0.15) is 0 Å². The molecule has 0 atom stereocenters. The Bertz CT molecular complexity index is 1070. The quantitative estimate of drug-likeness (QED) is 0.494. The molecule has 6 nitrogen and oxygen atoms in total. The van der Waals surface area contributed by atoms with Gasteiger partial charge in [0.25, 0.3) is 11.6 Å². The molecular weight excluding hydrogens is 374 g/mol. The molecule has 1 aromatic heterocycles. The standard InChI is InChI=1S/C18H14ClN3O3S/c1-11-16(12-6-4-3-5-7-12)21(2)18(26-11)20-17(23)14-9-8-13(22(24)25)10-15(14)19/h3-10H,1-2H3. The van der Waals surface area contributed by atoms with Crippen LogP contribution < -0.4 is 4.80 Å². The van der Waals surface area contributed by atoms with Crippen molar-refractivity contribution in [3.8, 4) is 11.3 Å². The van der Waals surface area contributed by atoms with Crippen LogP contribution in [-0.4, -0.2) is 15.4 Å². The average Bonchev–Trinajstić information content (AvgIpc) is 2.88. The van der Waals surface area contributed by atoms with Gasteiger partial charge in [0, 0.05) is 24.1 Å². The lowest BCUT2D eigenvalue weighted by Gasteiger charge is -2.04. The van der Waals surface area contributed by atoms with Gasteiger partial charge in [-0.2, -0.15) is 4.99 Å². The number of hydrogen-bond acceptors (Lipinski definition) is 4. The summed E-state index contributed by atoms with van der Waals surface area (Å²) in [6.07, 6.45) is 0. The van der Waals surface area contributed by atoms with Gasteiger partial charge in [0.05, 0.1) is 21.2 Å². The Labute approximate surface area is 158 Å². The number of amides is 1. The summed E-state index contributed by atoms with van der Waals surface area (Å²) >= 11 is 7.41. The highest BCUT2D eigenvalue weighted by atomic mass is 35.5. The van der Waals surface area contributed by atoms with Crippen molar-refractivity contribution < 1.29 is 9.72 Å². The summed E-state index contributed by atoms with van der Waals surface area (Å²) in [6.45, 7) is 1.97. The monoisotopic (exact) mass is 387 g/mol. The second-order valence-corrected chi connectivity index (χ2v) is 7.14. The molecule has 3 aromatic rings. The maximum Gasteiger partial charge on any atom is 0.281 e. The number of carbonyl (C=O) groups excluding carboxylic acids is 1. The van der Waals surface area contributed by atoms with E-state index in [0.717, 1.165) is 22.2 Å². The number of thiazole rings is 1. The van der Waals surface area contributed by atoms with Crippen molar-refractivity contribution in [1.82, 2.24) is 4.57 Å². The summed E-state index contributed by atoms with van der Waals surface area (Å²) in [5.41, 5.74) is 1.97. The van der Waals surface area contributed by atoms with Crippen LogP contribution in [0.5, 0.6) is 0 Å². The lowest BCUT2D eigenvalue weighted by Crippen LogP contribution is -2.14. The molecule has 0 radical (unpaired) electrons. The average molecular weight is 388 g/mol. The summed E-state index contributed by atoms with van der Waals surface area (Å²) in [5.74, 6) is -0.540. The molecule has 1 heterocycles. The van der Waals surface area contributed by atoms with Crippen molar-refractivity contribution in [3.63, 3.8) is 0 Å². The highest BCUT2D eigenvalue weighted by Crippen LogP contribution is 2.25. The number of halogens is 1. The highest BCUT2D eigenvalue weighted by molar-refractivity contribution is 7.09. The molecule has 132 valence electrons. The van der Waals surface area contributed by atoms with Crippen LogP contribution in [-0.2, 0) is 7.05 Å². The maximum atomic E-state index is 12.5. The van der Waals surface area contributed by atoms with Crippen molar-refractivity contribution in [2.75, 3.05) is 0 Å². The summed E-state index contributed by atoms with van der Waals surface area (Å²) in [7, 11) is 1.84. The van der Waals surface area contributed by atoms with E-state index in [1.165, 1.54) is 23.5 Å². The number of rotatable bonds is 3. The van der Waals surface area contributed by atoms with Crippen LogP contribution in [0.2, 0.25) is 5.02 Å². The van der Waals surface area contributed by atoms with Gasteiger partial charge in [-0.25, -0.2) is 0 Å². The molecule has 0 N–H and O–H groups in total. The van der Waals surface area contributed by atoms with E-state index < -0.39 is 10.8 Å². The van der Waals surface area contributed by atoms with E-state index in [2.05, 4.69) is 4.99 Å². The van der Waals surface area contributed by atoms with Gasteiger partial charge in [-0.15, -0.1) is 11.3 Å². The van der Waals surface area contributed by atoms with Crippen molar-refractivity contribution in [3.05, 3.63) is 78.9 Å². The van der Waals surface area contributed by atoms with Crippen molar-refractivity contribution >= 4 is 34.5 Å². The first kappa shape index (κ1) is 18.0. The zero-order valence-corrected chi connectivity index (χ0v) is 15.5. The Hall–Kier alpha value is -2.77. The van der Waals surface area contributed by atoms with E-state index >= 15 is 0 Å². The number of non-ortho nitro benzene ring substituents is 1. The lowest BCUT2D eigenvalue weighted by molar-refractivity contribution is -0.384. The third kappa shape index (κ3) is 3.44. The van der Waals surface area contributed by atoms with Gasteiger partial charge < -0.3 is 4.57 Å². The van der Waals surface area contributed by atoms with Gasteiger partial charge >= 0.3 is 0 Å². The van der Waals surface area contributed by atoms with Crippen LogP contribution in [0.3, 0.4) is 0 Å². The minimum Gasteiger partial charge on any atom is -0.319 e. The van der Waals surface area contributed by atoms with Crippen LogP contribution in [0, 0.1) is 17.0 Å². The van der Waals surface area contributed by atoms with Crippen LogP contribution in [0.25, 0.3) is 11.3 Å². The molecule has 0 saturated carbocycles. The molecule has 0 spiro atoms. The fourth-order valence-corrected chi connectivity index (χ4v) is 3.85. The fourth-order valence-electron chi connectivity index (χ4n) is 2.61. The van der Waals surface area contributed by atoms with E-state index in [9.17, 15) is 14.9 Å². The molecule has 1 amide bonds. The third-order valence-electron chi connectivity index (χ3n) is 3.84. The second-order valence-electron chi connectivity index (χ2n) is 5.55. The van der Waals surface area contributed by atoms with Crippen molar-refractivity contribution in [1.29, 1.82) is 0 Å². The summed E-state index contributed by atoms with van der Waals surface area (Å²) < 4.78 is 1.85. The summed E-state index contributed by atoms with van der Waals surface area (Å²) in [6, 6.07) is 13.5. The molecule has 0 saturated heterocycles. The molecule has 0 aliphatic heterocycles. The Balaban J connectivity index is 2.04. The molecule has 8 heteroatoms. The predicted octanol–water partition coefficient (Wildman–Crippen LogP) is 4.36. The van der Waals surface area contributed by atoms with Crippen LogP contribution in [0.1, 0.15) is 15.2 Å². The number of carbonyl (C=O) groups is 1. The Morgan fingerprint density at radius 2 is 1.92 bits per heavy atom. The third-order valence-corrected chi connectivity index (χ3v) is 5.20. The number of aromatic nitrogens is 1. The van der Waals surface area contributed by atoms with Gasteiger partial charge in [0.15, 0.2) is 4.80 Å². The van der Waals surface area contributed by atoms with E-state index in [0.29, 0.717) is 4.80 Å². The van der Waals surface area contributed by atoms with Gasteiger partial charge in [-0.3, -0.25) is 14.9 Å². The van der Waals surface area contributed by atoms with E-state index in [1.807, 2.05) is 48.9 Å². The highest BCUT2D eigenvalue weighted by Gasteiger charge is 2.16. The Morgan fingerprint density at radius 1 is 1.23 bits per heavy atom. The SMILES string of the molecule is Cc1sc(=NC(=O)c2ccc([N+](=O)[O-])cc2Cl)n(C)c1-c1ccccc1. The molecular formula is C18H14ClN3O3S. The molecule has 2 aromatic carbocycles. The number of nitro benzene ring substituents is 1. The number of nitro groups is 1. The Kier molecular flexibility index (Phi) is 5.01. The number of hydrogen-bond donors (Lipinski definition) is 0. The first-order valence-corrected chi connectivity index (χ1v) is 8.82. The Morgan fingerprint density at radius 3 is 2.54 bits per heavy atom.